The SMILES string of the molecule is C=C(/C=C/CCCC)O[Si](C)(C)C. The van der Waals surface area contributed by atoms with Crippen LogP contribution in [0.2, 0.25) is 19.6 Å². The first-order valence-electron chi connectivity index (χ1n) is 5.00. The third kappa shape index (κ3) is 9.41. The van der Waals surface area contributed by atoms with Crippen molar-refractivity contribution < 1.29 is 4.43 Å². The van der Waals surface area contributed by atoms with Crippen LogP contribution in [-0.4, -0.2) is 8.32 Å². The Balaban J connectivity index is 3.68. The van der Waals surface area contributed by atoms with E-state index in [2.05, 4.69) is 39.2 Å². The molecule has 0 aliphatic rings. The molecular weight excluding hydrogens is 176 g/mol. The Bertz CT molecular complexity index is 177. The van der Waals surface area contributed by atoms with E-state index >= 15 is 0 Å². The van der Waals surface area contributed by atoms with Crippen LogP contribution in [0.4, 0.5) is 0 Å². The van der Waals surface area contributed by atoms with Crippen molar-refractivity contribution >= 4 is 8.32 Å². The molecule has 0 rings (SSSR count). The van der Waals surface area contributed by atoms with Gasteiger partial charge in [-0.15, -0.1) is 0 Å². The first-order chi connectivity index (χ1) is 5.95. The average Bonchev–Trinajstić information content (AvgIpc) is 1.94. The predicted octanol–water partition coefficient (Wildman–Crippen LogP) is 4.10. The smallest absolute Gasteiger partial charge is 0.242 e. The maximum Gasteiger partial charge on any atom is 0.242 e. The van der Waals surface area contributed by atoms with Crippen LogP contribution in [0.15, 0.2) is 24.5 Å². The lowest BCUT2D eigenvalue weighted by molar-refractivity contribution is 0.444. The minimum atomic E-state index is -1.44. The zero-order valence-electron chi connectivity index (χ0n) is 9.39. The molecule has 0 aromatic heterocycles. The maximum atomic E-state index is 5.68. The van der Waals surface area contributed by atoms with Crippen molar-refractivity contribution in [3.8, 4) is 0 Å². The maximum absolute atomic E-state index is 5.68. The lowest BCUT2D eigenvalue weighted by Crippen LogP contribution is -2.23. The number of rotatable bonds is 6. The molecule has 0 aliphatic carbocycles. The number of allylic oxidation sites excluding steroid dienone is 2. The quantitative estimate of drug-likeness (QED) is 0.270. The van der Waals surface area contributed by atoms with Crippen LogP contribution in [0.3, 0.4) is 0 Å². The van der Waals surface area contributed by atoms with Crippen molar-refractivity contribution in [2.75, 3.05) is 0 Å². The molecule has 0 N–H and O–H groups in total. The van der Waals surface area contributed by atoms with Crippen LogP contribution >= 0.6 is 0 Å². The molecule has 1 nitrogen and oxygen atoms in total. The molecule has 0 aliphatic heterocycles. The van der Waals surface area contributed by atoms with Crippen molar-refractivity contribution in [3.05, 3.63) is 24.5 Å². The number of hydrogen-bond acceptors (Lipinski definition) is 1. The van der Waals surface area contributed by atoms with Crippen LogP contribution in [-0.2, 0) is 4.43 Å². The van der Waals surface area contributed by atoms with Crippen LogP contribution in [0.1, 0.15) is 26.2 Å². The molecule has 0 bridgehead atoms. The molecule has 0 aromatic rings. The fourth-order valence-electron chi connectivity index (χ4n) is 0.964. The zero-order valence-corrected chi connectivity index (χ0v) is 10.4. The van der Waals surface area contributed by atoms with Gasteiger partial charge in [0.15, 0.2) is 0 Å². The van der Waals surface area contributed by atoms with E-state index in [1.54, 1.807) is 0 Å². The van der Waals surface area contributed by atoms with Gasteiger partial charge in [0.2, 0.25) is 8.32 Å². The summed E-state index contributed by atoms with van der Waals surface area (Å²) < 4.78 is 5.68. The molecule has 0 heterocycles. The minimum absolute atomic E-state index is 0.815. The molecule has 0 aromatic carbocycles. The first kappa shape index (κ1) is 12.5. The second-order valence-electron chi connectivity index (χ2n) is 4.23. The normalized spacial score (nSPS) is 12.0. The van der Waals surface area contributed by atoms with E-state index in [4.69, 9.17) is 4.43 Å². The van der Waals surface area contributed by atoms with Gasteiger partial charge in [0.1, 0.15) is 0 Å². The second kappa shape index (κ2) is 6.03. The standard InChI is InChI=1S/C11H22OSi/c1-6-7-8-9-10-11(2)12-13(3,4)5/h9-10H,2,6-8H2,1,3-5H3/b10-9+. The largest absolute Gasteiger partial charge is 0.545 e. The minimum Gasteiger partial charge on any atom is -0.545 e. The van der Waals surface area contributed by atoms with Crippen molar-refractivity contribution in [2.24, 2.45) is 0 Å². The van der Waals surface area contributed by atoms with E-state index in [0.717, 1.165) is 12.2 Å². The summed E-state index contributed by atoms with van der Waals surface area (Å²) in [7, 11) is -1.44. The number of unbranched alkanes of at least 4 members (excludes halogenated alkanes) is 2. The van der Waals surface area contributed by atoms with Crippen LogP contribution in [0.25, 0.3) is 0 Å². The average molecular weight is 198 g/mol. The Labute approximate surface area is 83.6 Å². The third-order valence-electron chi connectivity index (χ3n) is 1.47. The first-order valence-corrected chi connectivity index (χ1v) is 8.41. The van der Waals surface area contributed by atoms with Gasteiger partial charge in [-0.2, -0.15) is 0 Å². The molecule has 0 saturated carbocycles. The van der Waals surface area contributed by atoms with Gasteiger partial charge in [-0.3, -0.25) is 0 Å². The van der Waals surface area contributed by atoms with Gasteiger partial charge in [0.25, 0.3) is 0 Å². The summed E-state index contributed by atoms with van der Waals surface area (Å²) in [6, 6.07) is 0. The van der Waals surface area contributed by atoms with Gasteiger partial charge in [-0.25, -0.2) is 0 Å². The summed E-state index contributed by atoms with van der Waals surface area (Å²) in [5.41, 5.74) is 0. The Hall–Kier alpha value is -0.503. The lowest BCUT2D eigenvalue weighted by atomic mass is 10.2. The molecule has 0 spiro atoms. The summed E-state index contributed by atoms with van der Waals surface area (Å²) in [6.45, 7) is 12.6. The Morgan fingerprint density at radius 1 is 1.38 bits per heavy atom. The van der Waals surface area contributed by atoms with Crippen LogP contribution in [0.5, 0.6) is 0 Å². The van der Waals surface area contributed by atoms with Gasteiger partial charge >= 0.3 is 0 Å². The van der Waals surface area contributed by atoms with E-state index in [9.17, 15) is 0 Å². The van der Waals surface area contributed by atoms with E-state index in [-0.39, 0.29) is 0 Å². The molecule has 0 fully saturated rings. The van der Waals surface area contributed by atoms with E-state index < -0.39 is 8.32 Å². The zero-order chi connectivity index (χ0) is 10.3. The topological polar surface area (TPSA) is 9.23 Å². The molecule has 0 radical (unpaired) electrons. The molecule has 76 valence electrons. The van der Waals surface area contributed by atoms with Gasteiger partial charge in [-0.05, 0) is 32.1 Å². The van der Waals surface area contributed by atoms with Crippen LogP contribution in [0, 0.1) is 0 Å². The lowest BCUT2D eigenvalue weighted by Gasteiger charge is -2.18. The molecule has 0 unspecified atom stereocenters. The highest BCUT2D eigenvalue weighted by Gasteiger charge is 2.15. The summed E-state index contributed by atoms with van der Waals surface area (Å²) in [5.74, 6) is 0.815. The van der Waals surface area contributed by atoms with Crippen LogP contribution < -0.4 is 0 Å². The highest BCUT2D eigenvalue weighted by molar-refractivity contribution is 6.70. The Morgan fingerprint density at radius 3 is 2.46 bits per heavy atom. The molecule has 0 amide bonds. The van der Waals surface area contributed by atoms with Crippen molar-refractivity contribution in [1.29, 1.82) is 0 Å². The monoisotopic (exact) mass is 198 g/mol. The summed E-state index contributed by atoms with van der Waals surface area (Å²) in [5, 5.41) is 0. The Morgan fingerprint density at radius 2 is 2.00 bits per heavy atom. The second-order valence-corrected chi connectivity index (χ2v) is 8.65. The Kier molecular flexibility index (Phi) is 5.79. The highest BCUT2D eigenvalue weighted by Crippen LogP contribution is 2.10. The van der Waals surface area contributed by atoms with Gasteiger partial charge in [-0.1, -0.05) is 32.4 Å². The molecule has 13 heavy (non-hydrogen) atoms. The third-order valence-corrected chi connectivity index (χ3v) is 2.34. The summed E-state index contributed by atoms with van der Waals surface area (Å²) in [6.07, 6.45) is 7.76. The highest BCUT2D eigenvalue weighted by atomic mass is 28.4. The molecule has 0 saturated heterocycles. The van der Waals surface area contributed by atoms with E-state index in [1.165, 1.54) is 12.8 Å². The fourth-order valence-corrected chi connectivity index (χ4v) is 1.82. The predicted molar refractivity (Wildman–Crippen MR) is 62.2 cm³/mol. The van der Waals surface area contributed by atoms with Gasteiger partial charge in [0.05, 0.1) is 5.76 Å². The molecule has 2 heteroatoms. The van der Waals surface area contributed by atoms with Gasteiger partial charge < -0.3 is 4.43 Å². The van der Waals surface area contributed by atoms with E-state index in [1.807, 2.05) is 6.08 Å². The fraction of sp³-hybridized carbons (Fsp3) is 0.636. The summed E-state index contributed by atoms with van der Waals surface area (Å²) in [4.78, 5) is 0. The molecular formula is C11H22OSi. The number of hydrogen-bond donors (Lipinski definition) is 0. The van der Waals surface area contributed by atoms with Crippen molar-refractivity contribution in [1.82, 2.24) is 0 Å². The van der Waals surface area contributed by atoms with E-state index in [0.29, 0.717) is 0 Å². The van der Waals surface area contributed by atoms with Crippen molar-refractivity contribution in [2.45, 2.75) is 45.8 Å². The summed E-state index contributed by atoms with van der Waals surface area (Å²) >= 11 is 0. The van der Waals surface area contributed by atoms with Crippen molar-refractivity contribution in [3.63, 3.8) is 0 Å². The van der Waals surface area contributed by atoms with Gasteiger partial charge in [0, 0.05) is 0 Å². The molecule has 0 atom stereocenters.